The minimum Gasteiger partial charge on any atom is -0.494 e. The first-order valence-corrected chi connectivity index (χ1v) is 6.29. The van der Waals surface area contributed by atoms with E-state index in [0.29, 0.717) is 5.76 Å². The number of hydrogen-bond donors (Lipinski definition) is 2. The predicted octanol–water partition coefficient (Wildman–Crippen LogP) is 1.48. The van der Waals surface area contributed by atoms with Crippen molar-refractivity contribution in [3.63, 3.8) is 0 Å². The molecule has 0 spiro atoms. The van der Waals surface area contributed by atoms with Crippen molar-refractivity contribution in [3.05, 3.63) is 40.1 Å². The van der Waals surface area contributed by atoms with E-state index in [4.69, 9.17) is 9.26 Å². The van der Waals surface area contributed by atoms with Gasteiger partial charge in [0.05, 0.1) is 23.8 Å². The van der Waals surface area contributed by atoms with Gasteiger partial charge in [0.25, 0.3) is 5.69 Å². The molecule has 2 rings (SSSR count). The summed E-state index contributed by atoms with van der Waals surface area (Å²) in [5, 5.41) is 18.8. The van der Waals surface area contributed by atoms with Gasteiger partial charge in [0.15, 0.2) is 5.82 Å². The maximum absolute atomic E-state index is 11.8. The van der Waals surface area contributed by atoms with Gasteiger partial charge in [-0.15, -0.1) is 0 Å². The Balaban J connectivity index is 2.10. The molecule has 0 aliphatic carbocycles. The van der Waals surface area contributed by atoms with Crippen LogP contribution in [-0.4, -0.2) is 29.0 Å². The molecule has 1 aromatic heterocycles. The highest BCUT2D eigenvalue weighted by Gasteiger charge is 2.19. The average Bonchev–Trinajstić information content (AvgIpc) is 2.92. The van der Waals surface area contributed by atoms with Crippen molar-refractivity contribution in [2.24, 2.45) is 0 Å². The second kappa shape index (κ2) is 6.56. The minimum atomic E-state index is -0.988. The summed E-state index contributed by atoms with van der Waals surface area (Å²) in [6.45, 7) is 1.63. The molecule has 1 aromatic carbocycles. The number of benzene rings is 1. The van der Waals surface area contributed by atoms with E-state index in [1.165, 1.54) is 25.3 Å². The number of carbonyl (C=O) groups is 2. The first-order valence-electron chi connectivity index (χ1n) is 6.29. The van der Waals surface area contributed by atoms with E-state index >= 15 is 0 Å². The lowest BCUT2D eigenvalue weighted by Gasteiger charge is -2.09. The van der Waals surface area contributed by atoms with E-state index in [2.05, 4.69) is 15.8 Å². The molecule has 2 N–H and O–H groups in total. The largest absolute Gasteiger partial charge is 0.494 e. The minimum absolute atomic E-state index is 0.0534. The first kappa shape index (κ1) is 15.9. The number of rotatable bonds is 4. The number of hydrogen-bond acceptors (Lipinski definition) is 7. The maximum atomic E-state index is 11.8. The number of nitro groups is 1. The van der Waals surface area contributed by atoms with Crippen molar-refractivity contribution in [1.29, 1.82) is 0 Å². The Hall–Kier alpha value is -3.43. The highest BCUT2D eigenvalue weighted by molar-refractivity contribution is 6.43. The number of aromatic nitrogens is 1. The van der Waals surface area contributed by atoms with Crippen molar-refractivity contribution < 1.29 is 23.8 Å². The number of anilines is 2. The van der Waals surface area contributed by atoms with Gasteiger partial charge in [-0.05, 0) is 13.0 Å². The Morgan fingerprint density at radius 1 is 1.26 bits per heavy atom. The molecule has 0 unspecified atom stereocenters. The van der Waals surface area contributed by atoms with Gasteiger partial charge in [-0.1, -0.05) is 5.16 Å². The molecule has 0 fully saturated rings. The first-order chi connectivity index (χ1) is 10.9. The Morgan fingerprint density at radius 3 is 2.52 bits per heavy atom. The summed E-state index contributed by atoms with van der Waals surface area (Å²) in [7, 11) is 1.28. The zero-order valence-corrected chi connectivity index (χ0v) is 12.2. The van der Waals surface area contributed by atoms with Crippen LogP contribution in [0.15, 0.2) is 28.8 Å². The van der Waals surface area contributed by atoms with Crippen LogP contribution in [0.1, 0.15) is 5.76 Å². The number of nitrogens with zero attached hydrogens (tertiary/aromatic N) is 2. The van der Waals surface area contributed by atoms with Crippen LogP contribution < -0.4 is 15.4 Å². The molecular formula is C13H12N4O6. The fourth-order valence-corrected chi connectivity index (χ4v) is 1.67. The van der Waals surface area contributed by atoms with Crippen LogP contribution in [0.5, 0.6) is 5.75 Å². The van der Waals surface area contributed by atoms with Gasteiger partial charge in [0, 0.05) is 12.1 Å². The van der Waals surface area contributed by atoms with Gasteiger partial charge >= 0.3 is 11.8 Å². The number of nitrogens with one attached hydrogen (secondary N) is 2. The normalized spacial score (nSPS) is 10.0. The van der Waals surface area contributed by atoms with Gasteiger partial charge in [-0.2, -0.15) is 0 Å². The van der Waals surface area contributed by atoms with Crippen molar-refractivity contribution in [1.82, 2.24) is 5.16 Å². The summed E-state index contributed by atoms with van der Waals surface area (Å²) in [6, 6.07) is 5.02. The molecule has 0 aliphatic heterocycles. The monoisotopic (exact) mass is 320 g/mol. The molecule has 0 atom stereocenters. The van der Waals surface area contributed by atoms with E-state index in [9.17, 15) is 19.7 Å². The number of ether oxygens (including phenoxy) is 1. The van der Waals surface area contributed by atoms with Crippen molar-refractivity contribution >= 4 is 29.0 Å². The summed E-state index contributed by atoms with van der Waals surface area (Å²) in [5.41, 5.74) is -0.0862. The van der Waals surface area contributed by atoms with Crippen LogP contribution in [0.2, 0.25) is 0 Å². The van der Waals surface area contributed by atoms with Crippen LogP contribution in [0.4, 0.5) is 17.2 Å². The molecule has 0 radical (unpaired) electrons. The second-order valence-electron chi connectivity index (χ2n) is 4.37. The SMILES string of the molecule is COc1cc([N+](=O)[O-])ccc1NC(=O)C(=O)Nc1cc(C)on1. The van der Waals surface area contributed by atoms with Crippen LogP contribution in [0.3, 0.4) is 0 Å². The second-order valence-corrected chi connectivity index (χ2v) is 4.37. The number of aryl methyl sites for hydroxylation is 1. The molecule has 10 nitrogen and oxygen atoms in total. The Labute approximate surface area is 129 Å². The molecule has 23 heavy (non-hydrogen) atoms. The maximum Gasteiger partial charge on any atom is 0.315 e. The predicted molar refractivity (Wildman–Crippen MR) is 78.1 cm³/mol. The summed E-state index contributed by atoms with van der Waals surface area (Å²) >= 11 is 0. The van der Waals surface area contributed by atoms with E-state index in [-0.39, 0.29) is 22.9 Å². The molecule has 1 heterocycles. The van der Waals surface area contributed by atoms with Gasteiger partial charge in [-0.25, -0.2) is 0 Å². The molecule has 0 saturated heterocycles. The van der Waals surface area contributed by atoms with Gasteiger partial charge in [-0.3, -0.25) is 25.0 Å². The van der Waals surface area contributed by atoms with E-state index < -0.39 is 16.7 Å². The number of carbonyl (C=O) groups excluding carboxylic acids is 2. The fraction of sp³-hybridized carbons (Fsp3) is 0.154. The lowest BCUT2D eigenvalue weighted by Crippen LogP contribution is -2.29. The smallest absolute Gasteiger partial charge is 0.315 e. The Bertz CT molecular complexity index is 770. The van der Waals surface area contributed by atoms with E-state index in [1.807, 2.05) is 0 Å². The molecule has 10 heteroatoms. The fourth-order valence-electron chi connectivity index (χ4n) is 1.67. The van der Waals surface area contributed by atoms with Crippen LogP contribution in [0, 0.1) is 17.0 Å². The number of methoxy groups -OCH3 is 1. The third-order valence-corrected chi connectivity index (χ3v) is 2.72. The van der Waals surface area contributed by atoms with Crippen LogP contribution >= 0.6 is 0 Å². The lowest BCUT2D eigenvalue weighted by molar-refractivity contribution is -0.384. The molecule has 0 bridgehead atoms. The van der Waals surface area contributed by atoms with Gasteiger partial charge in [0.1, 0.15) is 11.5 Å². The summed E-state index contributed by atoms with van der Waals surface area (Å²) in [5.74, 6) is -1.34. The van der Waals surface area contributed by atoms with Crippen molar-refractivity contribution in [2.75, 3.05) is 17.7 Å². The summed E-state index contributed by atoms with van der Waals surface area (Å²) in [6.07, 6.45) is 0. The topological polar surface area (TPSA) is 137 Å². The average molecular weight is 320 g/mol. The third kappa shape index (κ3) is 3.81. The molecule has 2 amide bonds. The van der Waals surface area contributed by atoms with E-state index in [0.717, 1.165) is 6.07 Å². The highest BCUT2D eigenvalue weighted by atomic mass is 16.6. The van der Waals surface area contributed by atoms with Crippen LogP contribution in [0.25, 0.3) is 0 Å². The highest BCUT2D eigenvalue weighted by Crippen LogP contribution is 2.28. The van der Waals surface area contributed by atoms with Crippen molar-refractivity contribution in [3.8, 4) is 5.75 Å². The molecule has 120 valence electrons. The molecule has 0 aliphatic rings. The van der Waals surface area contributed by atoms with E-state index in [1.54, 1.807) is 6.92 Å². The lowest BCUT2D eigenvalue weighted by atomic mass is 10.2. The zero-order valence-electron chi connectivity index (χ0n) is 12.2. The molecule has 2 aromatic rings. The summed E-state index contributed by atoms with van der Waals surface area (Å²) < 4.78 is 9.72. The molecular weight excluding hydrogens is 308 g/mol. The number of non-ortho nitro benzene ring substituents is 1. The Morgan fingerprint density at radius 2 is 1.96 bits per heavy atom. The number of amides is 2. The molecule has 0 saturated carbocycles. The standard InChI is InChI=1S/C13H12N4O6/c1-7-5-11(16-23-7)15-13(19)12(18)14-9-4-3-8(17(20)21)6-10(9)22-2/h3-6H,1-2H3,(H,14,18)(H,15,16,19). The van der Waals surface area contributed by atoms with Gasteiger partial charge in [0.2, 0.25) is 0 Å². The quantitative estimate of drug-likeness (QED) is 0.494. The Kier molecular flexibility index (Phi) is 4.55. The third-order valence-electron chi connectivity index (χ3n) is 2.72. The number of nitro benzene ring substituents is 1. The summed E-state index contributed by atoms with van der Waals surface area (Å²) in [4.78, 5) is 33.7. The van der Waals surface area contributed by atoms with Crippen molar-refractivity contribution in [2.45, 2.75) is 6.92 Å². The van der Waals surface area contributed by atoms with Gasteiger partial charge < -0.3 is 14.6 Å². The van der Waals surface area contributed by atoms with Crippen LogP contribution in [-0.2, 0) is 9.59 Å². The zero-order chi connectivity index (χ0) is 17.0.